The number of ether oxygens (including phenoxy) is 3. The molecule has 0 amide bonds. The van der Waals surface area contributed by atoms with Gasteiger partial charge in [-0.2, -0.15) is 0 Å². The molecule has 0 rings (SSSR count). The van der Waals surface area contributed by atoms with E-state index in [0.717, 1.165) is 103 Å². The van der Waals surface area contributed by atoms with Crippen molar-refractivity contribution in [2.24, 2.45) is 0 Å². The van der Waals surface area contributed by atoms with E-state index in [9.17, 15) is 14.4 Å². The second kappa shape index (κ2) is 50.5. The van der Waals surface area contributed by atoms with Gasteiger partial charge in [0.1, 0.15) is 13.2 Å². The van der Waals surface area contributed by atoms with Gasteiger partial charge in [0.05, 0.1) is 0 Å². The van der Waals surface area contributed by atoms with E-state index >= 15 is 0 Å². The minimum Gasteiger partial charge on any atom is -0.462 e. The summed E-state index contributed by atoms with van der Waals surface area (Å²) < 4.78 is 16.7. The molecule has 0 aliphatic carbocycles. The maximum atomic E-state index is 12.8. The highest BCUT2D eigenvalue weighted by molar-refractivity contribution is 5.71. The first-order valence-electron chi connectivity index (χ1n) is 25.1. The fourth-order valence-corrected chi connectivity index (χ4v) is 6.37. The summed E-state index contributed by atoms with van der Waals surface area (Å²) in [5, 5.41) is 0. The molecule has 0 saturated carbocycles. The normalized spacial score (nSPS) is 13.1. The lowest BCUT2D eigenvalue weighted by Crippen LogP contribution is -2.30. The Bertz CT molecular complexity index is 1370. The van der Waals surface area contributed by atoms with Gasteiger partial charge in [0.25, 0.3) is 0 Å². The van der Waals surface area contributed by atoms with Crippen molar-refractivity contribution in [3.05, 3.63) is 122 Å². The molecular formula is C57H90O6. The maximum Gasteiger partial charge on any atom is 0.306 e. The Morgan fingerprint density at radius 1 is 0.349 bits per heavy atom. The molecule has 0 N–H and O–H groups in total. The van der Waals surface area contributed by atoms with Crippen molar-refractivity contribution in [2.75, 3.05) is 13.2 Å². The number of carbonyl (C=O) groups excluding carboxylic acids is 3. The molecule has 0 fully saturated rings. The molecule has 0 heterocycles. The van der Waals surface area contributed by atoms with Crippen LogP contribution in [0.1, 0.15) is 201 Å². The number of unbranched alkanes of at least 4 members (excludes halogenated alkanes) is 18. The number of rotatable bonds is 43. The first-order chi connectivity index (χ1) is 31.0. The standard InChI is InChI=1S/C57H90O6/c1-4-7-10-13-16-19-22-25-27-28-30-32-35-38-41-44-47-50-56(59)62-53-54(52-61-55(58)49-46-43-40-37-34-31-24-21-18-15-12-9-6-3)63-57(60)51-48-45-42-39-36-33-29-26-23-20-17-14-11-8-5-2/h8-9,11-12,14-21,23-27,29,33,36,54H,4-7,10,13,22,28,30-32,34-35,37-53H2,1-3H3/b11-8+,12-9+,17-14+,18-15+,19-16+,23-20+,24-21+,27-25+,29-26+,36-33+. The average Bonchev–Trinajstić information content (AvgIpc) is 3.28. The molecule has 0 saturated heterocycles. The lowest BCUT2D eigenvalue weighted by atomic mass is 10.1. The number of hydrogen-bond donors (Lipinski definition) is 0. The van der Waals surface area contributed by atoms with Crippen LogP contribution < -0.4 is 0 Å². The SMILES string of the molecule is CC/C=C/C=C/C=C/C=C/C=C/CCCCCC(=O)OC(COC(=O)CCCCCCC/C=C/C=C/C=C/CC)COC(=O)CCCCCCCCC/C=C/C/C=C/CCCCC. The largest absolute Gasteiger partial charge is 0.462 e. The van der Waals surface area contributed by atoms with Gasteiger partial charge in [-0.25, -0.2) is 0 Å². The third kappa shape index (κ3) is 48.7. The summed E-state index contributed by atoms with van der Waals surface area (Å²) in [6, 6.07) is 0. The Morgan fingerprint density at radius 2 is 0.683 bits per heavy atom. The van der Waals surface area contributed by atoms with Crippen LogP contribution in [0.5, 0.6) is 0 Å². The highest BCUT2D eigenvalue weighted by Crippen LogP contribution is 2.13. The topological polar surface area (TPSA) is 78.9 Å². The maximum absolute atomic E-state index is 12.8. The quantitative estimate of drug-likeness (QED) is 0.0200. The monoisotopic (exact) mass is 871 g/mol. The van der Waals surface area contributed by atoms with Gasteiger partial charge < -0.3 is 14.2 Å². The van der Waals surface area contributed by atoms with Crippen LogP contribution >= 0.6 is 0 Å². The van der Waals surface area contributed by atoms with Crippen LogP contribution in [0.4, 0.5) is 0 Å². The van der Waals surface area contributed by atoms with E-state index in [2.05, 4.69) is 87.6 Å². The molecule has 0 bridgehead atoms. The molecule has 0 aliphatic rings. The molecular weight excluding hydrogens is 781 g/mol. The van der Waals surface area contributed by atoms with Crippen LogP contribution in [-0.4, -0.2) is 37.2 Å². The van der Waals surface area contributed by atoms with Crippen molar-refractivity contribution in [3.8, 4) is 0 Å². The third-order valence-electron chi connectivity index (χ3n) is 10.1. The van der Waals surface area contributed by atoms with Gasteiger partial charge in [-0.05, 0) is 89.9 Å². The van der Waals surface area contributed by atoms with Crippen molar-refractivity contribution in [1.82, 2.24) is 0 Å². The van der Waals surface area contributed by atoms with Crippen LogP contribution in [0.2, 0.25) is 0 Å². The predicted molar refractivity (Wildman–Crippen MR) is 269 cm³/mol. The van der Waals surface area contributed by atoms with Gasteiger partial charge >= 0.3 is 17.9 Å². The van der Waals surface area contributed by atoms with Crippen molar-refractivity contribution in [2.45, 2.75) is 207 Å². The van der Waals surface area contributed by atoms with Crippen LogP contribution in [0.3, 0.4) is 0 Å². The van der Waals surface area contributed by atoms with E-state index in [1.54, 1.807) is 0 Å². The summed E-state index contributed by atoms with van der Waals surface area (Å²) in [5.41, 5.74) is 0. The highest BCUT2D eigenvalue weighted by atomic mass is 16.6. The van der Waals surface area contributed by atoms with E-state index in [0.29, 0.717) is 19.3 Å². The van der Waals surface area contributed by atoms with Crippen LogP contribution in [0.25, 0.3) is 0 Å². The Morgan fingerprint density at radius 3 is 1.11 bits per heavy atom. The van der Waals surface area contributed by atoms with Crippen molar-refractivity contribution in [3.63, 3.8) is 0 Å². The Labute approximate surface area is 386 Å². The summed E-state index contributed by atoms with van der Waals surface area (Å²) in [4.78, 5) is 37.9. The fraction of sp³-hybridized carbons (Fsp3) is 0.596. The number of hydrogen-bond acceptors (Lipinski definition) is 6. The fourth-order valence-electron chi connectivity index (χ4n) is 6.37. The van der Waals surface area contributed by atoms with Crippen LogP contribution in [0.15, 0.2) is 122 Å². The van der Waals surface area contributed by atoms with E-state index in [1.165, 1.54) is 51.4 Å². The Balaban J connectivity index is 4.52. The minimum atomic E-state index is -0.815. The lowest BCUT2D eigenvalue weighted by molar-refractivity contribution is -0.167. The average molecular weight is 871 g/mol. The zero-order valence-electron chi connectivity index (χ0n) is 40.3. The number of allylic oxidation sites excluding steroid dienone is 20. The van der Waals surface area contributed by atoms with Crippen molar-refractivity contribution >= 4 is 17.9 Å². The smallest absolute Gasteiger partial charge is 0.306 e. The zero-order valence-corrected chi connectivity index (χ0v) is 40.3. The van der Waals surface area contributed by atoms with E-state index in [-0.39, 0.29) is 37.5 Å². The highest BCUT2D eigenvalue weighted by Gasteiger charge is 2.19. The summed E-state index contributed by atoms with van der Waals surface area (Å²) in [6.45, 7) is 6.25. The molecule has 6 nitrogen and oxygen atoms in total. The summed E-state index contributed by atoms with van der Waals surface area (Å²) in [6.07, 6.45) is 68.9. The van der Waals surface area contributed by atoms with E-state index < -0.39 is 6.10 Å². The summed E-state index contributed by atoms with van der Waals surface area (Å²) >= 11 is 0. The van der Waals surface area contributed by atoms with Crippen LogP contribution in [0, 0.1) is 0 Å². The molecule has 0 aromatic rings. The molecule has 0 aromatic heterocycles. The van der Waals surface area contributed by atoms with Gasteiger partial charge in [0, 0.05) is 19.3 Å². The molecule has 0 spiro atoms. The molecule has 0 aromatic carbocycles. The molecule has 1 atom stereocenters. The van der Waals surface area contributed by atoms with E-state index in [1.807, 2.05) is 54.7 Å². The van der Waals surface area contributed by atoms with Gasteiger partial charge in [0.15, 0.2) is 6.10 Å². The van der Waals surface area contributed by atoms with Crippen LogP contribution in [-0.2, 0) is 28.6 Å². The lowest BCUT2D eigenvalue weighted by Gasteiger charge is -2.18. The first-order valence-corrected chi connectivity index (χ1v) is 25.1. The Hall–Kier alpha value is -4.19. The zero-order chi connectivity index (χ0) is 45.8. The Kier molecular flexibility index (Phi) is 47.1. The molecule has 0 radical (unpaired) electrons. The van der Waals surface area contributed by atoms with Gasteiger partial charge in [0.2, 0.25) is 0 Å². The summed E-state index contributed by atoms with van der Waals surface area (Å²) in [5.74, 6) is -0.990. The number of carbonyl (C=O) groups is 3. The second-order valence-corrected chi connectivity index (χ2v) is 16.1. The molecule has 63 heavy (non-hydrogen) atoms. The van der Waals surface area contributed by atoms with Gasteiger partial charge in [-0.3, -0.25) is 14.4 Å². The molecule has 6 heteroatoms. The van der Waals surface area contributed by atoms with Crippen molar-refractivity contribution in [1.29, 1.82) is 0 Å². The molecule has 354 valence electrons. The predicted octanol–water partition coefficient (Wildman–Crippen LogP) is 16.5. The van der Waals surface area contributed by atoms with Gasteiger partial charge in [-0.1, -0.05) is 213 Å². The minimum absolute atomic E-state index is 0.110. The first kappa shape index (κ1) is 58.8. The second-order valence-electron chi connectivity index (χ2n) is 16.1. The van der Waals surface area contributed by atoms with E-state index in [4.69, 9.17) is 14.2 Å². The molecule has 0 aliphatic heterocycles. The third-order valence-corrected chi connectivity index (χ3v) is 10.1. The molecule has 1 unspecified atom stereocenters. The van der Waals surface area contributed by atoms with Gasteiger partial charge in [-0.15, -0.1) is 0 Å². The number of esters is 3. The van der Waals surface area contributed by atoms with Crippen molar-refractivity contribution < 1.29 is 28.6 Å². The summed E-state index contributed by atoms with van der Waals surface area (Å²) in [7, 11) is 0.